The van der Waals surface area contributed by atoms with Crippen molar-refractivity contribution in [3.63, 3.8) is 0 Å². The Bertz CT molecular complexity index is 436. The number of nitro benzene ring substituents is 1. The molecule has 1 aliphatic heterocycles. The van der Waals surface area contributed by atoms with E-state index in [0.717, 1.165) is 31.7 Å². The molecule has 0 bridgehead atoms. The van der Waals surface area contributed by atoms with Gasteiger partial charge in [0, 0.05) is 25.2 Å². The van der Waals surface area contributed by atoms with E-state index in [1.165, 1.54) is 0 Å². The van der Waals surface area contributed by atoms with Gasteiger partial charge in [-0.15, -0.1) is 0 Å². The van der Waals surface area contributed by atoms with E-state index in [-0.39, 0.29) is 10.6 Å². The maximum atomic E-state index is 11.0. The van der Waals surface area contributed by atoms with Crippen LogP contribution in [0, 0.1) is 10.1 Å². The van der Waals surface area contributed by atoms with Crippen LogP contribution in [0.2, 0.25) is 0 Å². The molecule has 2 rings (SSSR count). The fraction of sp³-hybridized carbons (Fsp3) is 0.538. The Kier molecular flexibility index (Phi) is 3.81. The van der Waals surface area contributed by atoms with Crippen LogP contribution in [0.1, 0.15) is 13.3 Å². The first kappa shape index (κ1) is 12.8. The van der Waals surface area contributed by atoms with Crippen LogP contribution in [0.15, 0.2) is 24.3 Å². The third-order valence-corrected chi connectivity index (χ3v) is 3.70. The van der Waals surface area contributed by atoms with Crippen molar-refractivity contribution in [2.75, 3.05) is 31.6 Å². The molecule has 0 aliphatic carbocycles. The van der Waals surface area contributed by atoms with E-state index in [1.54, 1.807) is 12.1 Å². The van der Waals surface area contributed by atoms with E-state index in [4.69, 9.17) is 0 Å². The molecule has 0 saturated carbocycles. The van der Waals surface area contributed by atoms with Crippen molar-refractivity contribution < 1.29 is 4.92 Å². The van der Waals surface area contributed by atoms with E-state index < -0.39 is 0 Å². The second-order valence-electron chi connectivity index (χ2n) is 4.71. The van der Waals surface area contributed by atoms with Gasteiger partial charge in [0.25, 0.3) is 5.69 Å². The Hall–Kier alpha value is -1.62. The minimum Gasteiger partial charge on any atom is -0.364 e. The molecule has 0 aromatic heterocycles. The van der Waals surface area contributed by atoms with E-state index in [2.05, 4.69) is 23.8 Å². The van der Waals surface area contributed by atoms with Crippen molar-refractivity contribution in [3.05, 3.63) is 34.4 Å². The highest BCUT2D eigenvalue weighted by Gasteiger charge is 2.28. The lowest BCUT2D eigenvalue weighted by atomic mass is 10.2. The van der Waals surface area contributed by atoms with Gasteiger partial charge in [0.15, 0.2) is 0 Å². The summed E-state index contributed by atoms with van der Waals surface area (Å²) in [7, 11) is 2.10. The number of rotatable bonds is 4. The van der Waals surface area contributed by atoms with Crippen LogP contribution < -0.4 is 4.90 Å². The topological polar surface area (TPSA) is 49.6 Å². The predicted octanol–water partition coefficient (Wildman–Crippen LogP) is 2.13. The average Bonchev–Trinajstić information content (AvgIpc) is 2.87. The van der Waals surface area contributed by atoms with Crippen molar-refractivity contribution >= 4 is 11.4 Å². The monoisotopic (exact) mass is 249 g/mol. The number of benzene rings is 1. The smallest absolute Gasteiger partial charge is 0.292 e. The number of para-hydroxylation sites is 2. The molecule has 1 aromatic rings. The Morgan fingerprint density at radius 2 is 2.22 bits per heavy atom. The lowest BCUT2D eigenvalue weighted by Gasteiger charge is -2.23. The Morgan fingerprint density at radius 1 is 1.50 bits per heavy atom. The van der Waals surface area contributed by atoms with Crippen molar-refractivity contribution in [2.24, 2.45) is 0 Å². The maximum absolute atomic E-state index is 11.0. The predicted molar refractivity (Wildman–Crippen MR) is 72.0 cm³/mol. The molecule has 0 radical (unpaired) electrons. The van der Waals surface area contributed by atoms with Crippen LogP contribution in [-0.4, -0.2) is 42.5 Å². The van der Waals surface area contributed by atoms with Crippen LogP contribution in [0.5, 0.6) is 0 Å². The van der Waals surface area contributed by atoms with Gasteiger partial charge in [0.2, 0.25) is 0 Å². The van der Waals surface area contributed by atoms with Gasteiger partial charge in [-0.05, 0) is 26.1 Å². The fourth-order valence-electron chi connectivity index (χ4n) is 2.46. The van der Waals surface area contributed by atoms with E-state index in [9.17, 15) is 10.1 Å². The molecular formula is C13H19N3O2. The largest absolute Gasteiger partial charge is 0.364 e. The number of anilines is 1. The molecule has 5 heteroatoms. The summed E-state index contributed by atoms with van der Waals surface area (Å²) < 4.78 is 0. The molecule has 98 valence electrons. The highest BCUT2D eigenvalue weighted by atomic mass is 16.6. The van der Waals surface area contributed by atoms with Gasteiger partial charge in [-0.1, -0.05) is 19.1 Å². The number of hydrogen-bond acceptors (Lipinski definition) is 4. The standard InChI is InChI=1S/C13H19N3O2/c1-3-14(2)11-8-9-15(10-11)12-6-4-5-7-13(12)16(17)18/h4-7,11H,3,8-10H2,1-2H3. The van der Waals surface area contributed by atoms with E-state index in [1.807, 2.05) is 12.1 Å². The molecule has 0 amide bonds. The summed E-state index contributed by atoms with van der Waals surface area (Å²) >= 11 is 0. The molecule has 0 N–H and O–H groups in total. The molecule has 1 unspecified atom stereocenters. The summed E-state index contributed by atoms with van der Waals surface area (Å²) in [5.41, 5.74) is 0.951. The van der Waals surface area contributed by atoms with E-state index in [0.29, 0.717) is 6.04 Å². The third-order valence-electron chi connectivity index (χ3n) is 3.70. The molecule has 0 spiro atoms. The Balaban J connectivity index is 2.17. The van der Waals surface area contributed by atoms with Crippen LogP contribution in [0.25, 0.3) is 0 Å². The first-order chi connectivity index (χ1) is 8.63. The zero-order valence-corrected chi connectivity index (χ0v) is 10.9. The van der Waals surface area contributed by atoms with Gasteiger partial charge in [-0.2, -0.15) is 0 Å². The Morgan fingerprint density at radius 3 is 2.89 bits per heavy atom. The van der Waals surface area contributed by atoms with Crippen LogP contribution in [0.3, 0.4) is 0 Å². The number of nitrogens with zero attached hydrogens (tertiary/aromatic N) is 3. The van der Waals surface area contributed by atoms with Gasteiger partial charge in [0.05, 0.1) is 4.92 Å². The third kappa shape index (κ3) is 2.46. The first-order valence-corrected chi connectivity index (χ1v) is 6.32. The molecule has 1 atom stereocenters. The molecule has 1 aromatic carbocycles. The van der Waals surface area contributed by atoms with Crippen LogP contribution in [0.4, 0.5) is 11.4 Å². The summed E-state index contributed by atoms with van der Waals surface area (Å²) in [6.45, 7) is 4.90. The SMILES string of the molecule is CCN(C)C1CCN(c2ccccc2[N+](=O)[O-])C1. The zero-order chi connectivity index (χ0) is 13.1. The second kappa shape index (κ2) is 5.35. The van der Waals surface area contributed by atoms with Crippen molar-refractivity contribution in [1.82, 2.24) is 4.90 Å². The zero-order valence-electron chi connectivity index (χ0n) is 10.9. The molecular weight excluding hydrogens is 230 g/mol. The quantitative estimate of drug-likeness (QED) is 0.606. The number of hydrogen-bond donors (Lipinski definition) is 0. The minimum atomic E-state index is -0.299. The molecule has 1 saturated heterocycles. The van der Waals surface area contributed by atoms with Crippen molar-refractivity contribution in [1.29, 1.82) is 0 Å². The van der Waals surface area contributed by atoms with Crippen LogP contribution in [-0.2, 0) is 0 Å². The van der Waals surface area contributed by atoms with Gasteiger partial charge < -0.3 is 9.80 Å². The first-order valence-electron chi connectivity index (χ1n) is 6.32. The molecule has 18 heavy (non-hydrogen) atoms. The van der Waals surface area contributed by atoms with Crippen LogP contribution >= 0.6 is 0 Å². The Labute approximate surface area is 107 Å². The number of nitro groups is 1. The van der Waals surface area contributed by atoms with Gasteiger partial charge in [-0.25, -0.2) is 0 Å². The molecule has 1 aliphatic rings. The highest BCUT2D eigenvalue weighted by Crippen LogP contribution is 2.30. The van der Waals surface area contributed by atoms with Gasteiger partial charge in [-0.3, -0.25) is 10.1 Å². The van der Waals surface area contributed by atoms with E-state index >= 15 is 0 Å². The lowest BCUT2D eigenvalue weighted by Crippen LogP contribution is -2.34. The molecule has 1 fully saturated rings. The fourth-order valence-corrected chi connectivity index (χ4v) is 2.46. The summed E-state index contributed by atoms with van der Waals surface area (Å²) in [5.74, 6) is 0. The summed E-state index contributed by atoms with van der Waals surface area (Å²) in [6, 6.07) is 7.49. The van der Waals surface area contributed by atoms with Crippen molar-refractivity contribution in [2.45, 2.75) is 19.4 Å². The molecule has 5 nitrogen and oxygen atoms in total. The highest BCUT2D eigenvalue weighted by molar-refractivity contribution is 5.63. The van der Waals surface area contributed by atoms with Gasteiger partial charge in [0.1, 0.15) is 5.69 Å². The van der Waals surface area contributed by atoms with Gasteiger partial charge >= 0.3 is 0 Å². The van der Waals surface area contributed by atoms with Crippen molar-refractivity contribution in [3.8, 4) is 0 Å². The maximum Gasteiger partial charge on any atom is 0.292 e. The summed E-state index contributed by atoms with van der Waals surface area (Å²) in [6.07, 6.45) is 1.07. The lowest BCUT2D eigenvalue weighted by molar-refractivity contribution is -0.384. The summed E-state index contributed by atoms with van der Waals surface area (Å²) in [5, 5.41) is 11.0. The average molecular weight is 249 g/mol. The second-order valence-corrected chi connectivity index (χ2v) is 4.71. The minimum absolute atomic E-state index is 0.206. The normalized spacial score (nSPS) is 19.5. The number of likely N-dealkylation sites (N-methyl/N-ethyl adjacent to an activating group) is 1. The molecule has 1 heterocycles. The summed E-state index contributed by atoms with van der Waals surface area (Å²) in [4.78, 5) is 15.1.